The van der Waals surface area contributed by atoms with Crippen LogP contribution in [-0.2, 0) is 4.79 Å². The van der Waals surface area contributed by atoms with Gasteiger partial charge in [0.15, 0.2) is 0 Å². The number of rotatable bonds is 6. The number of amides is 1. The molecule has 0 saturated carbocycles. The van der Waals surface area contributed by atoms with Crippen molar-refractivity contribution in [3.8, 4) is 5.75 Å². The maximum atomic E-state index is 12.7. The zero-order chi connectivity index (χ0) is 15.1. The third-order valence-electron chi connectivity index (χ3n) is 3.84. The van der Waals surface area contributed by atoms with Gasteiger partial charge < -0.3 is 15.4 Å². The number of hydrogen-bond acceptors (Lipinski definition) is 3. The van der Waals surface area contributed by atoms with Crippen molar-refractivity contribution >= 4 is 5.91 Å². The monoisotopic (exact) mass is 294 g/mol. The first-order valence-electron chi connectivity index (χ1n) is 7.58. The molecule has 1 aliphatic heterocycles. The zero-order valence-corrected chi connectivity index (χ0v) is 12.3. The second-order valence-corrected chi connectivity index (χ2v) is 5.38. The van der Waals surface area contributed by atoms with Crippen LogP contribution in [-0.4, -0.2) is 36.5 Å². The normalized spacial score (nSPS) is 18.6. The van der Waals surface area contributed by atoms with Crippen LogP contribution in [0, 0.1) is 5.82 Å². The number of benzene rings is 1. The lowest BCUT2D eigenvalue weighted by Crippen LogP contribution is -2.47. The van der Waals surface area contributed by atoms with Gasteiger partial charge in [-0.15, -0.1) is 0 Å². The van der Waals surface area contributed by atoms with Crippen LogP contribution in [0.4, 0.5) is 4.39 Å². The van der Waals surface area contributed by atoms with Crippen LogP contribution in [0.15, 0.2) is 24.3 Å². The highest BCUT2D eigenvalue weighted by molar-refractivity contribution is 5.76. The Bertz CT molecular complexity index is 450. The fourth-order valence-corrected chi connectivity index (χ4v) is 2.66. The van der Waals surface area contributed by atoms with Crippen molar-refractivity contribution in [2.45, 2.75) is 38.1 Å². The molecule has 116 valence electrons. The summed E-state index contributed by atoms with van der Waals surface area (Å²) in [6.45, 7) is 1.82. The van der Waals surface area contributed by atoms with Crippen molar-refractivity contribution in [2.24, 2.45) is 5.73 Å². The van der Waals surface area contributed by atoms with Gasteiger partial charge in [0.1, 0.15) is 11.6 Å². The van der Waals surface area contributed by atoms with Gasteiger partial charge in [0, 0.05) is 25.6 Å². The molecule has 1 aromatic rings. The molecule has 1 aliphatic rings. The van der Waals surface area contributed by atoms with Gasteiger partial charge in [-0.2, -0.15) is 0 Å². The van der Waals surface area contributed by atoms with Crippen molar-refractivity contribution in [3.63, 3.8) is 0 Å². The fraction of sp³-hybridized carbons (Fsp3) is 0.562. The van der Waals surface area contributed by atoms with Crippen molar-refractivity contribution in [1.29, 1.82) is 0 Å². The van der Waals surface area contributed by atoms with E-state index < -0.39 is 0 Å². The molecule has 0 bridgehead atoms. The summed E-state index contributed by atoms with van der Waals surface area (Å²) in [5.41, 5.74) is 5.73. The Balaban J connectivity index is 1.70. The number of nitrogens with zero attached hydrogens (tertiary/aromatic N) is 1. The lowest BCUT2D eigenvalue weighted by molar-refractivity contribution is -0.134. The van der Waals surface area contributed by atoms with E-state index in [0.29, 0.717) is 31.7 Å². The Hall–Kier alpha value is -1.62. The standard InChI is InChI=1S/C16H23FN2O2/c17-13-6-8-15(9-7-13)21-11-3-5-16(20)19-10-2-1-4-14(19)12-18/h6-9,14H,1-5,10-12,18H2. The second-order valence-electron chi connectivity index (χ2n) is 5.38. The molecule has 4 nitrogen and oxygen atoms in total. The van der Waals surface area contributed by atoms with E-state index >= 15 is 0 Å². The molecule has 0 aliphatic carbocycles. The Morgan fingerprint density at radius 2 is 2.10 bits per heavy atom. The second kappa shape index (κ2) is 7.98. The first-order valence-corrected chi connectivity index (χ1v) is 7.58. The molecule has 0 radical (unpaired) electrons. The van der Waals surface area contributed by atoms with Crippen LogP contribution in [0.3, 0.4) is 0 Å². The van der Waals surface area contributed by atoms with E-state index in [1.807, 2.05) is 4.90 Å². The van der Waals surface area contributed by atoms with Crippen molar-refractivity contribution < 1.29 is 13.9 Å². The van der Waals surface area contributed by atoms with Crippen molar-refractivity contribution in [3.05, 3.63) is 30.1 Å². The Kier molecular flexibility index (Phi) is 5.99. The summed E-state index contributed by atoms with van der Waals surface area (Å²) in [7, 11) is 0. The summed E-state index contributed by atoms with van der Waals surface area (Å²) in [6.07, 6.45) is 4.35. The minimum absolute atomic E-state index is 0.160. The topological polar surface area (TPSA) is 55.6 Å². The molecule has 21 heavy (non-hydrogen) atoms. The van der Waals surface area contributed by atoms with E-state index in [2.05, 4.69) is 0 Å². The molecule has 1 heterocycles. The average Bonchev–Trinajstić information content (AvgIpc) is 2.53. The van der Waals surface area contributed by atoms with Crippen LogP contribution in [0.2, 0.25) is 0 Å². The SMILES string of the molecule is NCC1CCCCN1C(=O)CCCOc1ccc(F)cc1. The number of carbonyl (C=O) groups excluding carboxylic acids is 1. The molecule has 0 spiro atoms. The average molecular weight is 294 g/mol. The van der Waals surface area contributed by atoms with E-state index in [4.69, 9.17) is 10.5 Å². The molecule has 1 fully saturated rings. The van der Waals surface area contributed by atoms with E-state index in [1.54, 1.807) is 12.1 Å². The number of ether oxygens (including phenoxy) is 1. The summed E-state index contributed by atoms with van der Waals surface area (Å²) in [5, 5.41) is 0. The molecular formula is C16H23FN2O2. The van der Waals surface area contributed by atoms with Crippen LogP contribution in [0.1, 0.15) is 32.1 Å². The van der Waals surface area contributed by atoms with Gasteiger partial charge in [-0.25, -0.2) is 4.39 Å². The van der Waals surface area contributed by atoms with Gasteiger partial charge >= 0.3 is 0 Å². The summed E-state index contributed by atoms with van der Waals surface area (Å²) in [5.74, 6) is 0.505. The van der Waals surface area contributed by atoms with Gasteiger partial charge in [0.25, 0.3) is 0 Å². The Labute approximate surface area is 125 Å². The number of carbonyl (C=O) groups is 1. The molecular weight excluding hydrogens is 271 g/mol. The fourth-order valence-electron chi connectivity index (χ4n) is 2.66. The van der Waals surface area contributed by atoms with Crippen LogP contribution in [0.25, 0.3) is 0 Å². The van der Waals surface area contributed by atoms with Crippen LogP contribution >= 0.6 is 0 Å². The summed E-state index contributed by atoms with van der Waals surface area (Å²) < 4.78 is 18.2. The van der Waals surface area contributed by atoms with Crippen molar-refractivity contribution in [1.82, 2.24) is 4.90 Å². The van der Waals surface area contributed by atoms with E-state index in [9.17, 15) is 9.18 Å². The highest BCUT2D eigenvalue weighted by Crippen LogP contribution is 2.18. The molecule has 1 amide bonds. The quantitative estimate of drug-likeness (QED) is 0.819. The lowest BCUT2D eigenvalue weighted by Gasteiger charge is -2.35. The molecule has 1 atom stereocenters. The first kappa shape index (κ1) is 15.8. The zero-order valence-electron chi connectivity index (χ0n) is 12.3. The summed E-state index contributed by atoms with van der Waals surface area (Å²) in [4.78, 5) is 14.1. The Morgan fingerprint density at radius 3 is 2.81 bits per heavy atom. The van der Waals surface area contributed by atoms with Gasteiger partial charge in [-0.05, 0) is 49.9 Å². The van der Waals surface area contributed by atoms with Gasteiger partial charge in [0.2, 0.25) is 5.91 Å². The maximum Gasteiger partial charge on any atom is 0.222 e. The van der Waals surface area contributed by atoms with Gasteiger partial charge in [-0.1, -0.05) is 0 Å². The number of hydrogen-bond donors (Lipinski definition) is 1. The highest BCUT2D eigenvalue weighted by atomic mass is 19.1. The van der Waals surface area contributed by atoms with Crippen molar-refractivity contribution in [2.75, 3.05) is 19.7 Å². The van der Waals surface area contributed by atoms with Gasteiger partial charge in [0.05, 0.1) is 6.61 Å². The Morgan fingerprint density at radius 1 is 1.33 bits per heavy atom. The van der Waals surface area contributed by atoms with E-state index in [0.717, 1.165) is 25.8 Å². The highest BCUT2D eigenvalue weighted by Gasteiger charge is 2.24. The predicted octanol–water partition coefficient (Wildman–Crippen LogP) is 2.32. The third-order valence-corrected chi connectivity index (χ3v) is 3.84. The molecule has 2 N–H and O–H groups in total. The summed E-state index contributed by atoms with van der Waals surface area (Å²) in [6, 6.07) is 6.10. The smallest absolute Gasteiger partial charge is 0.222 e. The minimum Gasteiger partial charge on any atom is -0.494 e. The summed E-state index contributed by atoms with van der Waals surface area (Å²) >= 11 is 0. The maximum absolute atomic E-state index is 12.7. The largest absolute Gasteiger partial charge is 0.494 e. The number of piperidine rings is 1. The van der Waals surface area contributed by atoms with E-state index in [1.165, 1.54) is 12.1 Å². The van der Waals surface area contributed by atoms with Crippen LogP contribution < -0.4 is 10.5 Å². The van der Waals surface area contributed by atoms with Crippen LogP contribution in [0.5, 0.6) is 5.75 Å². The first-order chi connectivity index (χ1) is 10.2. The number of halogens is 1. The lowest BCUT2D eigenvalue weighted by atomic mass is 10.0. The minimum atomic E-state index is -0.282. The van der Waals surface area contributed by atoms with Gasteiger partial charge in [-0.3, -0.25) is 4.79 Å². The molecule has 5 heteroatoms. The number of likely N-dealkylation sites (tertiary alicyclic amines) is 1. The third kappa shape index (κ3) is 4.70. The molecule has 1 unspecified atom stereocenters. The molecule has 1 aromatic carbocycles. The number of nitrogens with two attached hydrogens (primary N) is 1. The molecule has 2 rings (SSSR count). The van der Waals surface area contributed by atoms with E-state index in [-0.39, 0.29) is 17.8 Å². The molecule has 0 aromatic heterocycles. The molecule has 1 saturated heterocycles. The predicted molar refractivity (Wildman–Crippen MR) is 79.5 cm³/mol.